The molecule has 0 heterocycles. The van der Waals surface area contributed by atoms with E-state index in [9.17, 15) is 0 Å². The summed E-state index contributed by atoms with van der Waals surface area (Å²) in [5.41, 5.74) is 0. The summed E-state index contributed by atoms with van der Waals surface area (Å²) >= 11 is 5.85. The summed E-state index contributed by atoms with van der Waals surface area (Å²) in [5, 5.41) is 0.597. The fraction of sp³-hybridized carbons (Fsp3) is 0.400. The van der Waals surface area contributed by atoms with Crippen LogP contribution in [-0.4, -0.2) is 20.3 Å². The molecule has 0 aliphatic carbocycles. The van der Waals surface area contributed by atoms with Crippen molar-refractivity contribution < 1.29 is 9.47 Å². The fourth-order valence-corrected chi connectivity index (χ4v) is 1.07. The minimum atomic E-state index is 0.597. The number of rotatable bonds is 5. The summed E-state index contributed by atoms with van der Waals surface area (Å²) in [4.78, 5) is 0. The number of halogens is 1. The van der Waals surface area contributed by atoms with Crippen LogP contribution in [-0.2, 0) is 4.74 Å². The van der Waals surface area contributed by atoms with Crippen LogP contribution in [0.2, 0.25) is 5.02 Å². The van der Waals surface area contributed by atoms with Gasteiger partial charge in [-0.2, -0.15) is 0 Å². The third-order valence-corrected chi connectivity index (χ3v) is 1.81. The second-order valence-corrected chi connectivity index (χ2v) is 2.95. The van der Waals surface area contributed by atoms with Gasteiger partial charge in [0.15, 0.2) is 0 Å². The molecule has 1 aromatic rings. The first-order valence-corrected chi connectivity index (χ1v) is 4.50. The van der Waals surface area contributed by atoms with Gasteiger partial charge in [0, 0.05) is 26.2 Å². The highest BCUT2D eigenvalue weighted by atomic mass is 35.5. The second kappa shape index (κ2) is 5.84. The van der Waals surface area contributed by atoms with Crippen LogP contribution in [0.25, 0.3) is 0 Å². The number of para-hydroxylation sites is 1. The topological polar surface area (TPSA) is 18.5 Å². The monoisotopic (exact) mass is 199 g/mol. The van der Waals surface area contributed by atoms with Crippen LogP contribution in [0.4, 0.5) is 0 Å². The number of methoxy groups -OCH3 is 1. The highest BCUT2D eigenvalue weighted by Crippen LogP contribution is 2.22. The molecule has 0 unspecified atom stereocenters. The quantitative estimate of drug-likeness (QED) is 0.679. The lowest BCUT2D eigenvalue weighted by Crippen LogP contribution is -2.01. The molecule has 13 heavy (non-hydrogen) atoms. The Morgan fingerprint density at radius 2 is 2.31 bits per heavy atom. The molecule has 0 fully saturated rings. The third-order valence-electron chi connectivity index (χ3n) is 1.51. The van der Waals surface area contributed by atoms with Gasteiger partial charge in [0.05, 0.1) is 11.6 Å². The molecule has 0 atom stereocenters. The molecule has 2 nitrogen and oxygen atoms in total. The average molecular weight is 200 g/mol. The molecular formula is C10H12ClO2. The molecule has 0 spiro atoms. The van der Waals surface area contributed by atoms with Gasteiger partial charge >= 0.3 is 0 Å². The molecular weight excluding hydrogens is 188 g/mol. The Labute approximate surface area is 83.4 Å². The maximum Gasteiger partial charge on any atom is 0.145 e. The summed E-state index contributed by atoms with van der Waals surface area (Å²) in [6.45, 7) is 1.30. The van der Waals surface area contributed by atoms with Gasteiger partial charge in [-0.25, -0.2) is 0 Å². The molecule has 0 aliphatic heterocycles. The first kappa shape index (κ1) is 10.4. The van der Waals surface area contributed by atoms with Crippen LogP contribution in [0.5, 0.6) is 5.75 Å². The van der Waals surface area contributed by atoms with Gasteiger partial charge in [0.2, 0.25) is 0 Å². The molecule has 1 aromatic carbocycles. The second-order valence-electron chi connectivity index (χ2n) is 2.54. The van der Waals surface area contributed by atoms with Gasteiger partial charge in [0.1, 0.15) is 5.75 Å². The SMILES string of the molecule is COCCCOc1[c]cccc1Cl. The van der Waals surface area contributed by atoms with E-state index in [1.165, 1.54) is 0 Å². The maximum absolute atomic E-state index is 5.85. The normalized spacial score (nSPS) is 10.0. The van der Waals surface area contributed by atoms with E-state index in [0.717, 1.165) is 6.42 Å². The van der Waals surface area contributed by atoms with E-state index >= 15 is 0 Å². The van der Waals surface area contributed by atoms with E-state index < -0.39 is 0 Å². The van der Waals surface area contributed by atoms with Crippen LogP contribution >= 0.6 is 11.6 Å². The van der Waals surface area contributed by atoms with Crippen LogP contribution in [0.3, 0.4) is 0 Å². The molecule has 71 valence electrons. The molecule has 0 N–H and O–H groups in total. The zero-order chi connectivity index (χ0) is 9.52. The Morgan fingerprint density at radius 3 is 3.00 bits per heavy atom. The number of ether oxygens (including phenoxy) is 2. The molecule has 0 amide bonds. The molecule has 0 saturated carbocycles. The Bertz CT molecular complexity index is 250. The van der Waals surface area contributed by atoms with Crippen molar-refractivity contribution in [3.63, 3.8) is 0 Å². The van der Waals surface area contributed by atoms with E-state index in [-0.39, 0.29) is 0 Å². The summed E-state index contributed by atoms with van der Waals surface area (Å²) in [5.74, 6) is 0.611. The lowest BCUT2D eigenvalue weighted by molar-refractivity contribution is 0.172. The highest BCUT2D eigenvalue weighted by Gasteiger charge is 1.98. The minimum Gasteiger partial charge on any atom is -0.491 e. The fourth-order valence-electron chi connectivity index (χ4n) is 0.889. The van der Waals surface area contributed by atoms with Gasteiger partial charge in [0.25, 0.3) is 0 Å². The predicted octanol–water partition coefficient (Wildman–Crippen LogP) is 2.56. The van der Waals surface area contributed by atoms with Crippen molar-refractivity contribution in [3.05, 3.63) is 29.3 Å². The largest absolute Gasteiger partial charge is 0.491 e. The van der Waals surface area contributed by atoms with Gasteiger partial charge < -0.3 is 9.47 Å². The Hall–Kier alpha value is -0.730. The van der Waals surface area contributed by atoms with Gasteiger partial charge in [-0.1, -0.05) is 23.7 Å². The van der Waals surface area contributed by atoms with Gasteiger partial charge in [-0.05, 0) is 6.07 Å². The van der Waals surface area contributed by atoms with E-state index in [0.29, 0.717) is 24.0 Å². The first-order valence-electron chi connectivity index (χ1n) is 4.12. The van der Waals surface area contributed by atoms with Crippen molar-refractivity contribution in [1.82, 2.24) is 0 Å². The Balaban J connectivity index is 2.32. The molecule has 0 aliphatic rings. The number of hydrogen-bond acceptors (Lipinski definition) is 2. The summed E-state index contributed by atoms with van der Waals surface area (Å²) in [6.07, 6.45) is 0.857. The van der Waals surface area contributed by atoms with Crippen LogP contribution < -0.4 is 4.74 Å². The van der Waals surface area contributed by atoms with Crippen LogP contribution in [0.1, 0.15) is 6.42 Å². The van der Waals surface area contributed by atoms with E-state index in [4.69, 9.17) is 21.1 Å². The number of benzene rings is 1. The van der Waals surface area contributed by atoms with Crippen molar-refractivity contribution in [1.29, 1.82) is 0 Å². The van der Waals surface area contributed by atoms with E-state index in [2.05, 4.69) is 6.07 Å². The smallest absolute Gasteiger partial charge is 0.145 e. The maximum atomic E-state index is 5.85. The predicted molar refractivity (Wildman–Crippen MR) is 52.3 cm³/mol. The molecule has 1 rings (SSSR count). The molecule has 0 bridgehead atoms. The zero-order valence-electron chi connectivity index (χ0n) is 7.55. The minimum absolute atomic E-state index is 0.597. The molecule has 3 heteroatoms. The summed E-state index contributed by atoms with van der Waals surface area (Å²) < 4.78 is 10.3. The Morgan fingerprint density at radius 1 is 1.46 bits per heavy atom. The van der Waals surface area contributed by atoms with E-state index in [1.807, 2.05) is 6.07 Å². The number of hydrogen-bond donors (Lipinski definition) is 0. The third kappa shape index (κ3) is 3.66. The molecule has 0 aromatic heterocycles. The van der Waals surface area contributed by atoms with Crippen LogP contribution in [0.15, 0.2) is 18.2 Å². The summed E-state index contributed by atoms with van der Waals surface area (Å²) in [7, 11) is 1.67. The molecule has 1 radical (unpaired) electrons. The lowest BCUT2D eigenvalue weighted by atomic mass is 10.3. The average Bonchev–Trinajstić information content (AvgIpc) is 2.15. The Kier molecular flexibility index (Phi) is 4.65. The zero-order valence-corrected chi connectivity index (χ0v) is 8.30. The van der Waals surface area contributed by atoms with Crippen molar-refractivity contribution in [3.8, 4) is 5.75 Å². The van der Waals surface area contributed by atoms with Crippen molar-refractivity contribution in [2.75, 3.05) is 20.3 Å². The highest BCUT2D eigenvalue weighted by molar-refractivity contribution is 6.31. The van der Waals surface area contributed by atoms with Crippen molar-refractivity contribution >= 4 is 11.6 Å². The lowest BCUT2D eigenvalue weighted by Gasteiger charge is -2.06. The standard InChI is InChI=1S/C10H12ClO2/c1-12-7-4-8-13-10-6-3-2-5-9(10)11/h2-3,5H,4,7-8H2,1H3. The summed E-state index contributed by atoms with van der Waals surface area (Å²) in [6, 6.07) is 8.30. The van der Waals surface area contributed by atoms with Gasteiger partial charge in [-0.3, -0.25) is 0 Å². The van der Waals surface area contributed by atoms with Crippen molar-refractivity contribution in [2.24, 2.45) is 0 Å². The van der Waals surface area contributed by atoms with Crippen molar-refractivity contribution in [2.45, 2.75) is 6.42 Å². The van der Waals surface area contributed by atoms with E-state index in [1.54, 1.807) is 19.2 Å². The van der Waals surface area contributed by atoms with Crippen LogP contribution in [0, 0.1) is 6.07 Å². The van der Waals surface area contributed by atoms with Gasteiger partial charge in [-0.15, -0.1) is 0 Å². The first-order chi connectivity index (χ1) is 6.34. The molecule has 0 saturated heterocycles.